The number of hydroxylamine groups is 3. The number of rotatable bonds is 4. The van der Waals surface area contributed by atoms with Crippen molar-refractivity contribution in [3.63, 3.8) is 0 Å². The molecule has 0 radical (unpaired) electrons. The number of aliphatic carboxylic acids is 1. The third-order valence-electron chi connectivity index (χ3n) is 1.10. The molecule has 0 saturated heterocycles. The van der Waals surface area contributed by atoms with Crippen LogP contribution in [-0.2, 0) is 4.79 Å². The summed E-state index contributed by atoms with van der Waals surface area (Å²) in [4.78, 5) is 10.00. The van der Waals surface area contributed by atoms with Gasteiger partial charge in [0.15, 0.2) is 0 Å². The fourth-order valence-electron chi connectivity index (χ4n) is 0.617. The first-order valence-electron chi connectivity index (χ1n) is 3.19. The van der Waals surface area contributed by atoms with Crippen molar-refractivity contribution in [1.29, 1.82) is 0 Å². The van der Waals surface area contributed by atoms with Crippen molar-refractivity contribution in [2.24, 2.45) is 0 Å². The maximum absolute atomic E-state index is 10.00. The van der Waals surface area contributed by atoms with Gasteiger partial charge in [0.2, 0.25) is 0 Å². The van der Waals surface area contributed by atoms with Crippen LogP contribution in [0.3, 0.4) is 0 Å². The molecule has 0 saturated carbocycles. The normalized spacial score (nSPS) is 11.5. The Morgan fingerprint density at radius 3 is 2.30 bits per heavy atom. The number of carbonyl (C=O) groups is 1. The van der Waals surface area contributed by atoms with E-state index in [1.165, 1.54) is 0 Å². The molecule has 0 fully saturated rings. The van der Waals surface area contributed by atoms with Crippen molar-refractivity contribution in [3.8, 4) is 0 Å². The minimum atomic E-state index is -0.812. The molecule has 0 rings (SSSR count). The smallest absolute Gasteiger partial charge is 0.303 e. The van der Waals surface area contributed by atoms with Crippen molar-refractivity contribution >= 4 is 5.97 Å². The van der Waals surface area contributed by atoms with E-state index >= 15 is 0 Å². The van der Waals surface area contributed by atoms with Crippen LogP contribution in [0.1, 0.15) is 12.8 Å². The largest absolute Gasteiger partial charge is 0.481 e. The summed E-state index contributed by atoms with van der Waals surface area (Å²) in [7, 11) is 3.23. The summed E-state index contributed by atoms with van der Waals surface area (Å²) in [5.41, 5.74) is 0. The molecule has 0 aromatic heterocycles. The maximum atomic E-state index is 10.00. The van der Waals surface area contributed by atoms with Crippen molar-refractivity contribution < 1.29 is 19.8 Å². The lowest BCUT2D eigenvalue weighted by Crippen LogP contribution is -2.36. The van der Waals surface area contributed by atoms with Gasteiger partial charge in [-0.3, -0.25) is 4.79 Å². The Hall–Kier alpha value is -0.610. The van der Waals surface area contributed by atoms with Crippen LogP contribution in [-0.4, -0.2) is 41.6 Å². The van der Waals surface area contributed by atoms with Crippen LogP contribution in [0, 0.1) is 0 Å². The number of hydrogen-bond acceptors (Lipinski definition) is 2. The zero-order valence-corrected chi connectivity index (χ0v) is 6.37. The summed E-state index contributed by atoms with van der Waals surface area (Å²) >= 11 is 0. The van der Waals surface area contributed by atoms with Crippen LogP contribution in [0.4, 0.5) is 0 Å². The molecule has 0 atom stereocenters. The molecule has 0 amide bonds. The average Bonchev–Trinajstić information content (AvgIpc) is 1.59. The van der Waals surface area contributed by atoms with Crippen LogP contribution in [0.15, 0.2) is 0 Å². The fourth-order valence-corrected chi connectivity index (χ4v) is 0.617. The molecule has 0 aromatic carbocycles. The quantitative estimate of drug-likeness (QED) is 0.446. The number of hydrogen-bond donors (Lipinski definition) is 2. The molecule has 0 aliphatic heterocycles. The summed E-state index contributed by atoms with van der Waals surface area (Å²) in [6, 6.07) is 0. The Morgan fingerprint density at radius 1 is 1.50 bits per heavy atom. The van der Waals surface area contributed by atoms with Crippen molar-refractivity contribution in [1.82, 2.24) is 0 Å². The number of quaternary nitrogens is 1. The Balaban J connectivity index is 3.29. The molecule has 4 heteroatoms. The Labute approximate surface area is 60.2 Å². The highest BCUT2D eigenvalue weighted by molar-refractivity contribution is 5.66. The van der Waals surface area contributed by atoms with Crippen LogP contribution in [0.25, 0.3) is 0 Å². The molecule has 2 N–H and O–H groups in total. The second kappa shape index (κ2) is 3.53. The van der Waals surface area contributed by atoms with E-state index in [1.807, 2.05) is 0 Å². The highest BCUT2D eigenvalue weighted by Gasteiger charge is 2.10. The molecule has 60 valence electrons. The summed E-state index contributed by atoms with van der Waals surface area (Å²) in [5.74, 6) is -0.812. The first kappa shape index (κ1) is 9.39. The molecule has 0 unspecified atom stereocenters. The van der Waals surface area contributed by atoms with Crippen molar-refractivity contribution in [2.45, 2.75) is 12.8 Å². The van der Waals surface area contributed by atoms with E-state index in [2.05, 4.69) is 0 Å². The van der Waals surface area contributed by atoms with Crippen LogP contribution >= 0.6 is 0 Å². The first-order valence-corrected chi connectivity index (χ1v) is 3.19. The molecule has 0 spiro atoms. The lowest BCUT2D eigenvalue weighted by molar-refractivity contribution is -1.07. The lowest BCUT2D eigenvalue weighted by Gasteiger charge is -2.18. The molecule has 0 aliphatic carbocycles. The van der Waals surface area contributed by atoms with Gasteiger partial charge < -0.3 is 5.11 Å². The Kier molecular flexibility index (Phi) is 3.32. The minimum absolute atomic E-state index is 0.127. The van der Waals surface area contributed by atoms with Gasteiger partial charge in [-0.05, 0) is 0 Å². The standard InChI is InChI=1S/C6H13NO3/c1-7(2,10)5-3-4-6(8)9/h10H,3-5H2,1-2H3/p+1. The van der Waals surface area contributed by atoms with Gasteiger partial charge in [-0.15, -0.1) is 0 Å². The van der Waals surface area contributed by atoms with E-state index in [0.717, 1.165) is 0 Å². The van der Waals surface area contributed by atoms with Crippen molar-refractivity contribution in [3.05, 3.63) is 0 Å². The Morgan fingerprint density at radius 2 is 2.00 bits per heavy atom. The molecule has 0 aromatic rings. The van der Waals surface area contributed by atoms with E-state index in [1.54, 1.807) is 14.1 Å². The predicted molar refractivity (Wildman–Crippen MR) is 35.6 cm³/mol. The molecule has 4 nitrogen and oxygen atoms in total. The molecule has 10 heavy (non-hydrogen) atoms. The number of carboxylic acid groups (broad SMARTS) is 1. The van der Waals surface area contributed by atoms with E-state index in [9.17, 15) is 4.79 Å². The molecule has 0 bridgehead atoms. The first-order chi connectivity index (χ1) is 4.42. The number of nitrogens with zero attached hydrogens (tertiary/aromatic N) is 1. The van der Waals surface area contributed by atoms with Gasteiger partial charge in [0, 0.05) is 6.42 Å². The maximum Gasteiger partial charge on any atom is 0.303 e. The SMILES string of the molecule is C[N+](C)(O)CCCC(=O)O. The van der Waals surface area contributed by atoms with Gasteiger partial charge in [0.05, 0.1) is 20.5 Å². The van der Waals surface area contributed by atoms with Crippen LogP contribution in [0.2, 0.25) is 0 Å². The zero-order chi connectivity index (χ0) is 8.20. The average molecular weight is 148 g/mol. The highest BCUT2D eigenvalue weighted by Crippen LogP contribution is 1.96. The summed E-state index contributed by atoms with van der Waals surface area (Å²) in [6.07, 6.45) is 0.640. The molecular formula is C6H14NO3+. The van der Waals surface area contributed by atoms with Crippen LogP contribution in [0.5, 0.6) is 0 Å². The third kappa shape index (κ3) is 7.39. The second-order valence-electron chi connectivity index (χ2n) is 2.84. The van der Waals surface area contributed by atoms with Gasteiger partial charge in [-0.1, -0.05) is 0 Å². The monoisotopic (exact) mass is 148 g/mol. The fraction of sp³-hybridized carbons (Fsp3) is 0.833. The predicted octanol–water partition coefficient (Wildman–Crippen LogP) is 0.317. The summed E-state index contributed by atoms with van der Waals surface area (Å²) in [5, 5.41) is 17.3. The second-order valence-corrected chi connectivity index (χ2v) is 2.84. The van der Waals surface area contributed by atoms with Gasteiger partial charge in [0.25, 0.3) is 0 Å². The van der Waals surface area contributed by atoms with Gasteiger partial charge >= 0.3 is 5.97 Å². The summed E-state index contributed by atoms with van der Waals surface area (Å²) in [6.45, 7) is 0.478. The lowest BCUT2D eigenvalue weighted by atomic mass is 10.3. The van der Waals surface area contributed by atoms with Gasteiger partial charge in [-0.25, -0.2) is 5.21 Å². The van der Waals surface area contributed by atoms with E-state index in [-0.39, 0.29) is 11.1 Å². The highest BCUT2D eigenvalue weighted by atomic mass is 16.5. The summed E-state index contributed by atoms with van der Waals surface area (Å²) < 4.78 is -0.159. The van der Waals surface area contributed by atoms with Gasteiger partial charge in [-0.2, -0.15) is 4.65 Å². The van der Waals surface area contributed by atoms with E-state index in [4.69, 9.17) is 10.3 Å². The molecule has 0 heterocycles. The zero-order valence-electron chi connectivity index (χ0n) is 6.37. The minimum Gasteiger partial charge on any atom is -0.481 e. The Bertz CT molecular complexity index is 117. The van der Waals surface area contributed by atoms with Gasteiger partial charge in [0.1, 0.15) is 6.54 Å². The topological polar surface area (TPSA) is 57.5 Å². The molecular weight excluding hydrogens is 134 g/mol. The van der Waals surface area contributed by atoms with E-state index < -0.39 is 5.97 Å². The number of carboxylic acids is 1. The van der Waals surface area contributed by atoms with Crippen molar-refractivity contribution in [2.75, 3.05) is 20.6 Å². The van der Waals surface area contributed by atoms with E-state index in [0.29, 0.717) is 13.0 Å². The molecule has 0 aliphatic rings. The third-order valence-corrected chi connectivity index (χ3v) is 1.10. The van der Waals surface area contributed by atoms with Crippen LogP contribution < -0.4 is 0 Å².